The molecule has 0 saturated carbocycles. The van der Waals surface area contributed by atoms with Crippen LogP contribution in [-0.4, -0.2) is 16.1 Å². The van der Waals surface area contributed by atoms with Gasteiger partial charge in [0, 0.05) is 10.6 Å². The number of hydrogen-bond acceptors (Lipinski definition) is 5. The number of esters is 1. The molecule has 0 radical (unpaired) electrons. The zero-order valence-electron chi connectivity index (χ0n) is 14.3. The van der Waals surface area contributed by atoms with Gasteiger partial charge < -0.3 is 9.26 Å². The van der Waals surface area contributed by atoms with Gasteiger partial charge in [-0.1, -0.05) is 71.4 Å². The molecule has 134 valence electrons. The number of carbonyl (C=O) groups excluding carboxylic acids is 1. The van der Waals surface area contributed by atoms with Crippen molar-refractivity contribution < 1.29 is 14.1 Å². The summed E-state index contributed by atoms with van der Waals surface area (Å²) in [5, 5.41) is 6.69. The largest absolute Gasteiger partial charge is 0.455 e. The van der Waals surface area contributed by atoms with Gasteiger partial charge >= 0.3 is 5.97 Å². The Morgan fingerprint density at radius 3 is 2.70 bits per heavy atom. The highest BCUT2D eigenvalue weighted by Crippen LogP contribution is 2.20. The molecule has 0 spiro atoms. The second-order valence-electron chi connectivity index (χ2n) is 6.04. The number of fused-ring (bicyclic) bond motifs is 1. The van der Waals surface area contributed by atoms with Crippen LogP contribution >= 0.6 is 11.6 Å². The van der Waals surface area contributed by atoms with Crippen LogP contribution in [0.2, 0.25) is 5.02 Å². The van der Waals surface area contributed by atoms with Gasteiger partial charge in [-0.3, -0.25) is 4.79 Å². The van der Waals surface area contributed by atoms with E-state index in [-0.39, 0.29) is 24.9 Å². The lowest BCUT2D eigenvalue weighted by Crippen LogP contribution is -2.08. The quantitative estimate of drug-likeness (QED) is 0.465. The molecule has 1 aromatic heterocycles. The fourth-order valence-corrected chi connectivity index (χ4v) is 2.96. The first-order valence-corrected chi connectivity index (χ1v) is 8.77. The Hall–Kier alpha value is -3.18. The fourth-order valence-electron chi connectivity index (χ4n) is 2.77. The van der Waals surface area contributed by atoms with Gasteiger partial charge in [0.15, 0.2) is 6.61 Å². The van der Waals surface area contributed by atoms with E-state index in [1.807, 2.05) is 48.5 Å². The minimum Gasteiger partial charge on any atom is -0.455 e. The molecule has 0 fully saturated rings. The summed E-state index contributed by atoms with van der Waals surface area (Å²) in [4.78, 5) is 16.3. The van der Waals surface area contributed by atoms with Gasteiger partial charge in [0.1, 0.15) is 0 Å². The zero-order chi connectivity index (χ0) is 18.6. The van der Waals surface area contributed by atoms with E-state index in [0.717, 1.165) is 21.9 Å². The van der Waals surface area contributed by atoms with Crippen molar-refractivity contribution in [3.63, 3.8) is 0 Å². The molecule has 0 saturated heterocycles. The van der Waals surface area contributed by atoms with Gasteiger partial charge in [-0.15, -0.1) is 0 Å². The molecule has 27 heavy (non-hydrogen) atoms. The Morgan fingerprint density at radius 1 is 1.00 bits per heavy atom. The lowest BCUT2D eigenvalue weighted by Gasteiger charge is -2.04. The van der Waals surface area contributed by atoms with Crippen molar-refractivity contribution in [1.29, 1.82) is 0 Å². The van der Waals surface area contributed by atoms with Crippen LogP contribution in [0.4, 0.5) is 0 Å². The highest BCUT2D eigenvalue weighted by molar-refractivity contribution is 6.30. The van der Waals surface area contributed by atoms with Crippen molar-refractivity contribution in [3.05, 3.63) is 83.2 Å². The van der Waals surface area contributed by atoms with Crippen LogP contribution in [0.3, 0.4) is 0 Å². The third-order valence-electron chi connectivity index (χ3n) is 4.07. The highest BCUT2D eigenvalue weighted by Gasteiger charge is 2.12. The van der Waals surface area contributed by atoms with Crippen molar-refractivity contribution in [2.75, 3.05) is 0 Å². The van der Waals surface area contributed by atoms with E-state index < -0.39 is 0 Å². The molecule has 0 aliphatic rings. The topological polar surface area (TPSA) is 65.2 Å². The van der Waals surface area contributed by atoms with E-state index in [0.29, 0.717) is 10.8 Å². The summed E-state index contributed by atoms with van der Waals surface area (Å²) in [7, 11) is 0. The number of hydrogen-bond donors (Lipinski definition) is 0. The third kappa shape index (κ3) is 4.15. The van der Waals surface area contributed by atoms with Crippen LogP contribution in [0.1, 0.15) is 11.5 Å². The monoisotopic (exact) mass is 378 g/mol. The van der Waals surface area contributed by atoms with Gasteiger partial charge in [0.25, 0.3) is 5.89 Å². The molecule has 3 aromatic carbocycles. The molecule has 0 bridgehead atoms. The van der Waals surface area contributed by atoms with Crippen LogP contribution in [0, 0.1) is 0 Å². The van der Waals surface area contributed by atoms with E-state index in [1.54, 1.807) is 18.2 Å². The molecule has 0 unspecified atom stereocenters. The number of halogens is 1. The van der Waals surface area contributed by atoms with Gasteiger partial charge in [-0.05, 0) is 28.5 Å². The zero-order valence-corrected chi connectivity index (χ0v) is 15.0. The number of rotatable bonds is 5. The summed E-state index contributed by atoms with van der Waals surface area (Å²) < 4.78 is 10.4. The van der Waals surface area contributed by atoms with Crippen LogP contribution in [-0.2, 0) is 22.6 Å². The first kappa shape index (κ1) is 17.2. The first-order valence-electron chi connectivity index (χ1n) is 8.39. The van der Waals surface area contributed by atoms with Crippen LogP contribution < -0.4 is 0 Å². The maximum atomic E-state index is 12.1. The van der Waals surface area contributed by atoms with E-state index in [9.17, 15) is 4.79 Å². The Labute approximate surface area is 160 Å². The summed E-state index contributed by atoms with van der Waals surface area (Å²) >= 11 is 5.96. The lowest BCUT2D eigenvalue weighted by molar-refractivity contribution is -0.144. The van der Waals surface area contributed by atoms with Crippen LogP contribution in [0.15, 0.2) is 71.3 Å². The summed E-state index contributed by atoms with van der Waals surface area (Å²) in [6, 6.07) is 21.0. The molecule has 0 N–H and O–H groups in total. The van der Waals surface area contributed by atoms with E-state index in [1.165, 1.54) is 0 Å². The lowest BCUT2D eigenvalue weighted by atomic mass is 10.1. The molecular weight excluding hydrogens is 364 g/mol. The highest BCUT2D eigenvalue weighted by atomic mass is 35.5. The normalized spacial score (nSPS) is 10.9. The summed E-state index contributed by atoms with van der Waals surface area (Å²) in [6.45, 7) is -0.0695. The summed E-state index contributed by atoms with van der Waals surface area (Å²) in [5.74, 6) is 0.280. The predicted octanol–water partition coefficient (Wildman–Crippen LogP) is 4.83. The third-order valence-corrected chi connectivity index (χ3v) is 4.30. The van der Waals surface area contributed by atoms with Crippen LogP contribution in [0.5, 0.6) is 0 Å². The van der Waals surface area contributed by atoms with Crippen molar-refractivity contribution in [3.8, 4) is 11.4 Å². The average Bonchev–Trinajstić information content (AvgIpc) is 3.15. The van der Waals surface area contributed by atoms with Crippen molar-refractivity contribution >= 4 is 28.3 Å². The molecule has 0 atom stereocenters. The standard InChI is InChI=1S/C21H15ClN2O3/c22-18-7-3-6-17(12-18)21-23-19(27-24-21)13-26-20(25)11-14-8-9-15-4-1-2-5-16(15)10-14/h1-10,12H,11,13H2. The molecule has 6 heteroatoms. The number of aromatic nitrogens is 2. The van der Waals surface area contributed by atoms with Gasteiger partial charge in [0.05, 0.1) is 6.42 Å². The smallest absolute Gasteiger partial charge is 0.310 e. The van der Waals surface area contributed by atoms with Gasteiger partial charge in [0.2, 0.25) is 5.82 Å². The Balaban J connectivity index is 1.37. The van der Waals surface area contributed by atoms with E-state index >= 15 is 0 Å². The van der Waals surface area contributed by atoms with Crippen molar-refractivity contribution in [2.45, 2.75) is 13.0 Å². The molecule has 0 aliphatic carbocycles. The minimum absolute atomic E-state index is 0.0695. The Morgan fingerprint density at radius 2 is 1.85 bits per heavy atom. The Bertz CT molecular complexity index is 1110. The minimum atomic E-state index is -0.354. The molecule has 0 aliphatic heterocycles. The molecule has 0 amide bonds. The molecule has 4 aromatic rings. The van der Waals surface area contributed by atoms with Gasteiger partial charge in [-0.2, -0.15) is 4.98 Å². The second-order valence-corrected chi connectivity index (χ2v) is 6.48. The van der Waals surface area contributed by atoms with Gasteiger partial charge in [-0.25, -0.2) is 0 Å². The number of ether oxygens (including phenoxy) is 1. The SMILES string of the molecule is O=C(Cc1ccc2ccccc2c1)OCc1nc(-c2cccc(Cl)c2)no1. The fraction of sp³-hybridized carbons (Fsp3) is 0.0952. The molecular formula is C21H15ClN2O3. The number of carbonyl (C=O) groups is 1. The van der Waals surface area contributed by atoms with Crippen molar-refractivity contribution in [2.24, 2.45) is 0 Å². The van der Waals surface area contributed by atoms with E-state index in [4.69, 9.17) is 20.9 Å². The second kappa shape index (κ2) is 7.60. The van der Waals surface area contributed by atoms with Crippen molar-refractivity contribution in [1.82, 2.24) is 10.1 Å². The molecule has 1 heterocycles. The number of nitrogens with zero attached hydrogens (tertiary/aromatic N) is 2. The maximum Gasteiger partial charge on any atom is 0.310 e. The summed E-state index contributed by atoms with van der Waals surface area (Å²) in [5.41, 5.74) is 1.63. The van der Waals surface area contributed by atoms with Crippen LogP contribution in [0.25, 0.3) is 22.2 Å². The predicted molar refractivity (Wildman–Crippen MR) is 102 cm³/mol. The van der Waals surface area contributed by atoms with E-state index in [2.05, 4.69) is 10.1 Å². The number of benzene rings is 3. The molecule has 4 rings (SSSR count). The maximum absolute atomic E-state index is 12.1. The summed E-state index contributed by atoms with van der Waals surface area (Å²) in [6.07, 6.45) is 0.181. The first-order chi connectivity index (χ1) is 13.2. The molecule has 5 nitrogen and oxygen atoms in total. The average molecular weight is 379 g/mol. The Kier molecular flexibility index (Phi) is 4.85.